The number of nitrogens with zero attached hydrogens (tertiary/aromatic N) is 2. The number of rotatable bonds is 11. The Morgan fingerprint density at radius 3 is 2.56 bits per heavy atom. The lowest BCUT2D eigenvalue weighted by Crippen LogP contribution is -2.33. The van der Waals surface area contributed by atoms with Crippen molar-refractivity contribution in [2.75, 3.05) is 20.3 Å². The number of aliphatic hydroxyl groups excluding tert-OH is 1. The van der Waals surface area contributed by atoms with E-state index in [1.165, 1.54) is 12.1 Å². The largest absolute Gasteiger partial charge is 0.496 e. The molecule has 0 saturated carbocycles. The van der Waals surface area contributed by atoms with E-state index in [0.29, 0.717) is 42.3 Å². The number of aromatic nitrogens is 2. The minimum Gasteiger partial charge on any atom is -0.496 e. The molecule has 9 heteroatoms. The zero-order valence-corrected chi connectivity index (χ0v) is 24.9. The molecule has 6 rings (SSSR count). The predicted octanol–water partition coefficient (Wildman–Crippen LogP) is 5.82. The summed E-state index contributed by atoms with van der Waals surface area (Å²) in [6, 6.07) is 27.0. The number of imidazole rings is 1. The van der Waals surface area contributed by atoms with E-state index < -0.39 is 6.04 Å². The Morgan fingerprint density at radius 1 is 1.04 bits per heavy atom. The van der Waals surface area contributed by atoms with Gasteiger partial charge in [0, 0.05) is 42.9 Å². The Morgan fingerprint density at radius 2 is 1.80 bits per heavy atom. The molecule has 230 valence electrons. The molecule has 0 fully saturated rings. The van der Waals surface area contributed by atoms with Crippen LogP contribution < -0.4 is 20.1 Å². The van der Waals surface area contributed by atoms with Gasteiger partial charge < -0.3 is 29.8 Å². The third-order valence-corrected chi connectivity index (χ3v) is 8.13. The molecule has 1 aliphatic heterocycles. The van der Waals surface area contributed by atoms with Crippen molar-refractivity contribution in [3.63, 3.8) is 0 Å². The van der Waals surface area contributed by atoms with Gasteiger partial charge in [-0.15, -0.1) is 0 Å². The summed E-state index contributed by atoms with van der Waals surface area (Å²) < 4.78 is 26.9. The second kappa shape index (κ2) is 13.8. The van der Waals surface area contributed by atoms with Crippen LogP contribution in [0.3, 0.4) is 0 Å². The Labute approximate surface area is 261 Å². The first-order valence-electron chi connectivity index (χ1n) is 14.9. The minimum absolute atomic E-state index is 0.0253. The molecular formula is C36H35FN4O4. The molecule has 45 heavy (non-hydrogen) atoms. The Balaban J connectivity index is 1.13. The molecule has 3 N–H and O–H groups in total. The zero-order valence-electron chi connectivity index (χ0n) is 24.9. The molecule has 0 saturated heterocycles. The molecule has 2 unspecified atom stereocenters. The number of methoxy groups -OCH3 is 1. The van der Waals surface area contributed by atoms with Gasteiger partial charge in [-0.25, -0.2) is 9.37 Å². The number of benzene rings is 4. The highest BCUT2D eigenvalue weighted by Gasteiger charge is 2.27. The van der Waals surface area contributed by atoms with Crippen LogP contribution >= 0.6 is 0 Å². The third kappa shape index (κ3) is 6.74. The number of aliphatic hydroxyl groups is 1. The van der Waals surface area contributed by atoms with Crippen molar-refractivity contribution in [1.29, 1.82) is 0 Å². The normalized spacial score (nSPS) is 14.7. The molecule has 1 amide bonds. The smallest absolute Gasteiger partial charge is 0.255 e. The minimum atomic E-state index is -0.638. The van der Waals surface area contributed by atoms with E-state index in [4.69, 9.17) is 9.47 Å². The maximum atomic E-state index is 13.5. The van der Waals surface area contributed by atoms with Crippen LogP contribution in [0, 0.1) is 5.82 Å². The van der Waals surface area contributed by atoms with Crippen LogP contribution in [0.25, 0.3) is 11.1 Å². The number of nitrogens with one attached hydrogen (secondary N) is 2. The summed E-state index contributed by atoms with van der Waals surface area (Å²) in [4.78, 5) is 17.8. The molecule has 0 spiro atoms. The van der Waals surface area contributed by atoms with Crippen LogP contribution in [-0.4, -0.2) is 40.9 Å². The molecule has 8 nitrogen and oxygen atoms in total. The quantitative estimate of drug-likeness (QED) is 0.175. The van der Waals surface area contributed by atoms with Gasteiger partial charge in [-0.3, -0.25) is 4.79 Å². The van der Waals surface area contributed by atoms with Crippen molar-refractivity contribution in [3.8, 4) is 22.6 Å². The molecule has 4 aromatic carbocycles. The molecule has 5 aromatic rings. The summed E-state index contributed by atoms with van der Waals surface area (Å²) in [6.07, 6.45) is 4.43. The van der Waals surface area contributed by atoms with E-state index >= 15 is 0 Å². The van der Waals surface area contributed by atoms with Crippen LogP contribution in [0.15, 0.2) is 104 Å². The van der Waals surface area contributed by atoms with Crippen molar-refractivity contribution >= 4 is 5.91 Å². The fourth-order valence-corrected chi connectivity index (χ4v) is 5.73. The van der Waals surface area contributed by atoms with E-state index in [1.807, 2.05) is 55.0 Å². The van der Waals surface area contributed by atoms with Crippen LogP contribution in [0.1, 0.15) is 51.2 Å². The van der Waals surface area contributed by atoms with Crippen molar-refractivity contribution < 1.29 is 23.8 Å². The second-order valence-electron chi connectivity index (χ2n) is 11.0. The lowest BCUT2D eigenvalue weighted by atomic mass is 9.96. The van der Waals surface area contributed by atoms with Crippen molar-refractivity contribution in [3.05, 3.63) is 137 Å². The lowest BCUT2D eigenvalue weighted by Gasteiger charge is -2.29. The first kappa shape index (κ1) is 30.1. The highest BCUT2D eigenvalue weighted by atomic mass is 19.1. The number of ether oxygens (including phenoxy) is 2. The number of para-hydroxylation sites is 2. The molecule has 2 heterocycles. The number of halogens is 1. The van der Waals surface area contributed by atoms with Crippen molar-refractivity contribution in [2.24, 2.45) is 0 Å². The van der Waals surface area contributed by atoms with Crippen LogP contribution in [0.2, 0.25) is 0 Å². The lowest BCUT2D eigenvalue weighted by molar-refractivity contribution is 0.0909. The van der Waals surface area contributed by atoms with E-state index in [1.54, 1.807) is 31.4 Å². The number of amides is 1. The SMILES string of the molecule is COc1ccccc1C(CO)NC(=O)c1cccc2c1OCCC2NCc1cncn1Cc1ccc(-c2ccc(F)cc2)cc1. The fraction of sp³-hybridized carbons (Fsp3) is 0.222. The standard InChI is InChI=1S/C36H35FN4O4/c1-44-34-8-3-2-5-29(34)33(22-42)40-36(43)31-7-4-6-30-32(17-18-45-35(30)31)39-20-28-19-38-23-41(28)21-24-9-11-25(12-10-24)26-13-15-27(37)16-14-26/h2-16,19,23,32-33,39,42H,17-18,20-22H2,1H3,(H,40,43). The van der Waals surface area contributed by atoms with Gasteiger partial charge in [0.15, 0.2) is 0 Å². The molecule has 1 aliphatic rings. The van der Waals surface area contributed by atoms with Crippen LogP contribution in [0.5, 0.6) is 11.5 Å². The molecule has 1 aromatic heterocycles. The summed E-state index contributed by atoms with van der Waals surface area (Å²) in [5.74, 6) is 0.558. The average Bonchev–Trinajstić information content (AvgIpc) is 3.53. The van der Waals surface area contributed by atoms with Gasteiger partial charge in [0.2, 0.25) is 0 Å². The summed E-state index contributed by atoms with van der Waals surface area (Å²) in [5.41, 5.74) is 6.18. The van der Waals surface area contributed by atoms with Gasteiger partial charge in [-0.05, 0) is 41.0 Å². The van der Waals surface area contributed by atoms with E-state index in [2.05, 4.69) is 32.3 Å². The van der Waals surface area contributed by atoms with Crippen LogP contribution in [0.4, 0.5) is 4.39 Å². The second-order valence-corrected chi connectivity index (χ2v) is 11.0. The monoisotopic (exact) mass is 606 g/mol. The number of hydrogen-bond acceptors (Lipinski definition) is 6. The molecule has 2 atom stereocenters. The van der Waals surface area contributed by atoms with Crippen molar-refractivity contribution in [1.82, 2.24) is 20.2 Å². The fourth-order valence-electron chi connectivity index (χ4n) is 5.73. The summed E-state index contributed by atoms with van der Waals surface area (Å²) >= 11 is 0. The Kier molecular flexibility index (Phi) is 9.19. The van der Waals surface area contributed by atoms with E-state index in [-0.39, 0.29) is 24.4 Å². The Hall–Kier alpha value is -4.99. The molecular weight excluding hydrogens is 571 g/mol. The van der Waals surface area contributed by atoms with Gasteiger partial charge >= 0.3 is 0 Å². The number of hydrogen-bond donors (Lipinski definition) is 3. The number of carbonyl (C=O) groups excluding carboxylic acids is 1. The molecule has 0 aliphatic carbocycles. The highest BCUT2D eigenvalue weighted by molar-refractivity contribution is 5.97. The topological polar surface area (TPSA) is 97.6 Å². The zero-order chi connectivity index (χ0) is 31.2. The van der Waals surface area contributed by atoms with Gasteiger partial charge in [0.1, 0.15) is 17.3 Å². The number of fused-ring (bicyclic) bond motifs is 1. The first-order valence-corrected chi connectivity index (χ1v) is 14.9. The summed E-state index contributed by atoms with van der Waals surface area (Å²) in [5, 5.41) is 16.7. The first-order chi connectivity index (χ1) is 22.0. The van der Waals surface area contributed by atoms with E-state index in [0.717, 1.165) is 34.4 Å². The van der Waals surface area contributed by atoms with Gasteiger partial charge in [-0.2, -0.15) is 0 Å². The third-order valence-electron chi connectivity index (χ3n) is 8.13. The van der Waals surface area contributed by atoms with Gasteiger partial charge in [0.05, 0.1) is 44.0 Å². The van der Waals surface area contributed by atoms with E-state index in [9.17, 15) is 14.3 Å². The van der Waals surface area contributed by atoms with Crippen molar-refractivity contribution in [2.45, 2.75) is 31.6 Å². The van der Waals surface area contributed by atoms with Gasteiger partial charge in [0.25, 0.3) is 5.91 Å². The summed E-state index contributed by atoms with van der Waals surface area (Å²) in [6.45, 7) is 1.42. The summed E-state index contributed by atoms with van der Waals surface area (Å²) in [7, 11) is 1.56. The van der Waals surface area contributed by atoms with Crippen LogP contribution in [-0.2, 0) is 13.1 Å². The highest BCUT2D eigenvalue weighted by Crippen LogP contribution is 2.36. The number of carbonyl (C=O) groups is 1. The predicted molar refractivity (Wildman–Crippen MR) is 170 cm³/mol. The van der Waals surface area contributed by atoms with Gasteiger partial charge in [-0.1, -0.05) is 66.7 Å². The average molecular weight is 607 g/mol. The Bertz CT molecular complexity index is 1750. The molecule has 0 bridgehead atoms. The maximum absolute atomic E-state index is 13.5. The maximum Gasteiger partial charge on any atom is 0.255 e. The molecule has 0 radical (unpaired) electrons.